The van der Waals surface area contributed by atoms with Crippen LogP contribution in [0.4, 0.5) is 8.78 Å². The number of rotatable bonds is 6. The molecule has 1 N–H and O–H groups in total. The third-order valence-electron chi connectivity index (χ3n) is 5.43. The normalized spacial score (nSPS) is 17.1. The minimum absolute atomic E-state index is 0.0697. The number of hydrogen-bond acceptors (Lipinski definition) is 2. The Labute approximate surface area is 169 Å². The van der Waals surface area contributed by atoms with Gasteiger partial charge in [0.2, 0.25) is 5.91 Å². The molecule has 0 aliphatic carbocycles. The second-order valence-corrected chi connectivity index (χ2v) is 7.48. The summed E-state index contributed by atoms with van der Waals surface area (Å²) in [6.07, 6.45) is 6.92. The van der Waals surface area contributed by atoms with Crippen LogP contribution < -0.4 is 5.32 Å². The molecular weight excluding hydrogens is 376 g/mol. The molecule has 0 saturated carbocycles. The van der Waals surface area contributed by atoms with Crippen LogP contribution in [0.15, 0.2) is 36.5 Å². The summed E-state index contributed by atoms with van der Waals surface area (Å²) in [6.45, 7) is 0.992. The van der Waals surface area contributed by atoms with Crippen molar-refractivity contribution in [2.75, 3.05) is 13.1 Å². The molecule has 1 aromatic heterocycles. The van der Waals surface area contributed by atoms with Crippen LogP contribution in [-0.4, -0.2) is 34.4 Å². The minimum atomic E-state index is -0.895. The summed E-state index contributed by atoms with van der Waals surface area (Å²) in [7, 11) is 1.99. The first-order valence-electron chi connectivity index (χ1n) is 10.1. The second kappa shape index (κ2) is 9.67. The lowest BCUT2D eigenvalue weighted by atomic mass is 10.1. The summed E-state index contributed by atoms with van der Waals surface area (Å²) in [4.78, 5) is 26.9. The van der Waals surface area contributed by atoms with Crippen molar-refractivity contribution in [1.29, 1.82) is 0 Å². The predicted molar refractivity (Wildman–Crippen MR) is 106 cm³/mol. The summed E-state index contributed by atoms with van der Waals surface area (Å²) in [5.74, 6) is -2.16. The lowest BCUT2D eigenvalue weighted by Crippen LogP contribution is -2.36. The van der Waals surface area contributed by atoms with E-state index in [-0.39, 0.29) is 24.1 Å². The number of carbonyl (C=O) groups excluding carboxylic acids is 2. The highest BCUT2D eigenvalue weighted by Crippen LogP contribution is 2.30. The molecule has 0 bridgehead atoms. The summed E-state index contributed by atoms with van der Waals surface area (Å²) in [5.41, 5.74) is 0.939. The number of likely N-dealkylation sites (tertiary alicyclic amines) is 1. The Balaban J connectivity index is 1.53. The number of benzene rings is 1. The van der Waals surface area contributed by atoms with Crippen LogP contribution >= 0.6 is 0 Å². The Hall–Kier alpha value is -2.70. The van der Waals surface area contributed by atoms with Crippen LogP contribution in [0.25, 0.3) is 0 Å². The van der Waals surface area contributed by atoms with Gasteiger partial charge in [-0.3, -0.25) is 9.59 Å². The first kappa shape index (κ1) is 21.0. The van der Waals surface area contributed by atoms with Crippen LogP contribution in [0.2, 0.25) is 0 Å². The van der Waals surface area contributed by atoms with Crippen LogP contribution in [0.1, 0.15) is 60.6 Å². The van der Waals surface area contributed by atoms with Gasteiger partial charge in [0.15, 0.2) is 0 Å². The Morgan fingerprint density at radius 3 is 2.72 bits per heavy atom. The average molecular weight is 403 g/mol. The van der Waals surface area contributed by atoms with E-state index < -0.39 is 17.5 Å². The smallest absolute Gasteiger partial charge is 0.254 e. The number of nitrogens with one attached hydrogen (secondary N) is 1. The van der Waals surface area contributed by atoms with E-state index >= 15 is 0 Å². The van der Waals surface area contributed by atoms with Gasteiger partial charge in [0, 0.05) is 44.5 Å². The first-order chi connectivity index (χ1) is 14.0. The van der Waals surface area contributed by atoms with E-state index in [9.17, 15) is 18.4 Å². The second-order valence-electron chi connectivity index (χ2n) is 7.48. The van der Waals surface area contributed by atoms with Crippen molar-refractivity contribution >= 4 is 11.8 Å². The summed E-state index contributed by atoms with van der Waals surface area (Å²) in [6, 6.07) is 6.98. The highest BCUT2D eigenvalue weighted by atomic mass is 19.1. The van der Waals surface area contributed by atoms with Gasteiger partial charge in [-0.25, -0.2) is 8.78 Å². The van der Waals surface area contributed by atoms with Crippen LogP contribution in [0.5, 0.6) is 0 Å². The summed E-state index contributed by atoms with van der Waals surface area (Å²) >= 11 is 0. The maximum Gasteiger partial charge on any atom is 0.254 e. The Kier molecular flexibility index (Phi) is 7.01. The van der Waals surface area contributed by atoms with Crippen molar-refractivity contribution in [2.24, 2.45) is 7.05 Å². The van der Waals surface area contributed by atoms with E-state index in [0.29, 0.717) is 18.9 Å². The van der Waals surface area contributed by atoms with Crippen LogP contribution in [-0.2, 0) is 11.8 Å². The van der Waals surface area contributed by atoms with E-state index in [1.807, 2.05) is 24.2 Å². The molecule has 1 saturated heterocycles. The molecule has 5 nitrogen and oxygen atoms in total. The number of hydrogen-bond donors (Lipinski definition) is 1. The van der Waals surface area contributed by atoms with Crippen LogP contribution in [0.3, 0.4) is 0 Å². The van der Waals surface area contributed by atoms with Gasteiger partial charge in [-0.2, -0.15) is 0 Å². The largest absolute Gasteiger partial charge is 0.353 e. The standard InChI is InChI=1S/C22H27F2N3O2/c1-26-13-6-8-19(26)20-7-3-2-4-14-27(20)21(28)9-5-12-25-22(29)17-11-10-16(23)15-18(17)24/h6,8,10-11,13,15,20H,2-5,7,9,12,14H2,1H3,(H,25,29). The molecule has 2 aromatic rings. The third-order valence-corrected chi connectivity index (χ3v) is 5.43. The summed E-state index contributed by atoms with van der Waals surface area (Å²) < 4.78 is 28.7. The number of amides is 2. The number of nitrogens with zero attached hydrogens (tertiary/aromatic N) is 2. The van der Waals surface area contributed by atoms with Crippen LogP contribution in [0, 0.1) is 11.6 Å². The number of carbonyl (C=O) groups is 2. The van der Waals surface area contributed by atoms with Gasteiger partial charge in [0.25, 0.3) is 5.91 Å². The maximum absolute atomic E-state index is 13.7. The molecule has 1 aromatic carbocycles. The zero-order valence-electron chi connectivity index (χ0n) is 16.7. The molecule has 0 radical (unpaired) electrons. The van der Waals surface area contributed by atoms with Gasteiger partial charge >= 0.3 is 0 Å². The molecule has 3 rings (SSSR count). The fourth-order valence-corrected chi connectivity index (χ4v) is 3.89. The third kappa shape index (κ3) is 5.22. The van der Waals surface area contributed by atoms with Crippen molar-refractivity contribution in [3.8, 4) is 0 Å². The van der Waals surface area contributed by atoms with Crippen molar-refractivity contribution in [3.63, 3.8) is 0 Å². The van der Waals surface area contributed by atoms with E-state index in [1.165, 1.54) is 0 Å². The van der Waals surface area contributed by atoms with Crippen molar-refractivity contribution < 1.29 is 18.4 Å². The highest BCUT2D eigenvalue weighted by Gasteiger charge is 2.27. The van der Waals surface area contributed by atoms with Gasteiger partial charge < -0.3 is 14.8 Å². The lowest BCUT2D eigenvalue weighted by molar-refractivity contribution is -0.133. The van der Waals surface area contributed by atoms with Gasteiger partial charge in [-0.05, 0) is 43.5 Å². The zero-order chi connectivity index (χ0) is 20.8. The molecule has 1 aliphatic heterocycles. The minimum Gasteiger partial charge on any atom is -0.353 e. The Bertz CT molecular complexity index is 865. The Morgan fingerprint density at radius 2 is 2.00 bits per heavy atom. The first-order valence-corrected chi connectivity index (χ1v) is 10.1. The van der Waals surface area contributed by atoms with Crippen molar-refractivity contribution in [3.05, 3.63) is 59.4 Å². The molecule has 156 valence electrons. The van der Waals surface area contributed by atoms with Crippen molar-refractivity contribution in [2.45, 2.75) is 44.6 Å². The lowest BCUT2D eigenvalue weighted by Gasteiger charge is -2.31. The number of aromatic nitrogens is 1. The van der Waals surface area contributed by atoms with Gasteiger partial charge in [0.05, 0.1) is 11.6 Å². The molecule has 0 spiro atoms. The van der Waals surface area contributed by atoms with Gasteiger partial charge in [0.1, 0.15) is 11.6 Å². The molecule has 1 unspecified atom stereocenters. The summed E-state index contributed by atoms with van der Waals surface area (Å²) in [5, 5.41) is 2.60. The molecule has 29 heavy (non-hydrogen) atoms. The zero-order valence-corrected chi connectivity index (χ0v) is 16.7. The fourth-order valence-electron chi connectivity index (χ4n) is 3.89. The predicted octanol–water partition coefficient (Wildman–Crippen LogP) is 3.96. The molecule has 1 atom stereocenters. The molecular formula is C22H27F2N3O2. The van der Waals surface area contributed by atoms with E-state index in [2.05, 4.69) is 16.0 Å². The van der Waals surface area contributed by atoms with Crippen molar-refractivity contribution in [1.82, 2.24) is 14.8 Å². The fraction of sp³-hybridized carbons (Fsp3) is 0.455. The molecule has 7 heteroatoms. The van der Waals surface area contributed by atoms with E-state index in [1.54, 1.807) is 0 Å². The molecule has 2 heterocycles. The molecule has 2 amide bonds. The maximum atomic E-state index is 13.7. The SMILES string of the molecule is Cn1cccc1C1CCCCCN1C(=O)CCCNC(=O)c1ccc(F)cc1F. The highest BCUT2D eigenvalue weighted by molar-refractivity contribution is 5.94. The topological polar surface area (TPSA) is 54.3 Å². The van der Waals surface area contributed by atoms with Gasteiger partial charge in [-0.15, -0.1) is 0 Å². The van der Waals surface area contributed by atoms with E-state index in [4.69, 9.17) is 0 Å². The quantitative estimate of drug-likeness (QED) is 0.743. The number of aryl methyl sites for hydroxylation is 1. The average Bonchev–Trinajstić information content (AvgIpc) is 2.96. The molecule has 1 aliphatic rings. The number of halogens is 2. The van der Waals surface area contributed by atoms with Gasteiger partial charge in [-0.1, -0.05) is 12.8 Å². The van der Waals surface area contributed by atoms with E-state index in [0.717, 1.165) is 50.1 Å². The molecule has 1 fully saturated rings. The monoisotopic (exact) mass is 403 g/mol. The Morgan fingerprint density at radius 1 is 1.17 bits per heavy atom.